The molecular formula is C17H16N4O. The Bertz CT molecular complexity index is 784. The van der Waals surface area contributed by atoms with E-state index >= 15 is 0 Å². The lowest BCUT2D eigenvalue weighted by atomic mass is 10.2. The highest BCUT2D eigenvalue weighted by atomic mass is 16.2. The molecule has 0 saturated heterocycles. The van der Waals surface area contributed by atoms with Crippen LogP contribution in [0, 0.1) is 0 Å². The molecule has 0 atom stereocenters. The predicted octanol–water partition coefficient (Wildman–Crippen LogP) is 2.70. The van der Waals surface area contributed by atoms with Crippen molar-refractivity contribution in [1.29, 1.82) is 0 Å². The van der Waals surface area contributed by atoms with Crippen LogP contribution in [-0.2, 0) is 4.79 Å². The van der Waals surface area contributed by atoms with Gasteiger partial charge in [0.25, 0.3) is 0 Å². The second-order valence-electron chi connectivity index (χ2n) is 4.98. The normalized spacial score (nSPS) is 10.4. The average Bonchev–Trinajstić information content (AvgIpc) is 2.55. The molecule has 110 valence electrons. The van der Waals surface area contributed by atoms with Crippen LogP contribution in [0.1, 0.15) is 0 Å². The van der Waals surface area contributed by atoms with E-state index in [4.69, 9.17) is 0 Å². The van der Waals surface area contributed by atoms with Gasteiger partial charge < -0.3 is 10.2 Å². The summed E-state index contributed by atoms with van der Waals surface area (Å²) in [6.07, 6.45) is 1.52. The number of carbonyl (C=O) groups excluding carboxylic acids is 1. The third-order valence-electron chi connectivity index (χ3n) is 3.32. The summed E-state index contributed by atoms with van der Waals surface area (Å²) in [5, 5.41) is 3.80. The number of nitrogens with one attached hydrogen (secondary N) is 1. The van der Waals surface area contributed by atoms with Gasteiger partial charge in [-0.05, 0) is 24.3 Å². The van der Waals surface area contributed by atoms with Crippen LogP contribution in [0.2, 0.25) is 0 Å². The Morgan fingerprint density at radius 2 is 1.77 bits per heavy atom. The first-order valence-corrected chi connectivity index (χ1v) is 7.00. The van der Waals surface area contributed by atoms with Crippen LogP contribution in [-0.4, -0.2) is 29.5 Å². The molecule has 0 bridgehead atoms. The molecule has 0 unspecified atom stereocenters. The highest BCUT2D eigenvalue weighted by Crippen LogP contribution is 2.21. The first-order chi connectivity index (χ1) is 10.7. The van der Waals surface area contributed by atoms with Crippen molar-refractivity contribution < 1.29 is 4.79 Å². The van der Waals surface area contributed by atoms with Crippen LogP contribution < -0.4 is 10.2 Å². The molecule has 1 amide bonds. The Morgan fingerprint density at radius 3 is 2.59 bits per heavy atom. The van der Waals surface area contributed by atoms with Gasteiger partial charge in [0.1, 0.15) is 12.1 Å². The fraction of sp³-hybridized carbons (Fsp3) is 0.118. The van der Waals surface area contributed by atoms with Gasteiger partial charge in [-0.1, -0.05) is 30.3 Å². The molecule has 0 spiro atoms. The van der Waals surface area contributed by atoms with E-state index in [1.165, 1.54) is 6.33 Å². The monoisotopic (exact) mass is 292 g/mol. The van der Waals surface area contributed by atoms with Crippen molar-refractivity contribution >= 4 is 28.3 Å². The lowest BCUT2D eigenvalue weighted by Crippen LogP contribution is -2.30. The number of benzene rings is 2. The highest BCUT2D eigenvalue weighted by molar-refractivity contribution is 5.96. The van der Waals surface area contributed by atoms with E-state index in [1.807, 2.05) is 66.5 Å². The van der Waals surface area contributed by atoms with Crippen LogP contribution in [0.3, 0.4) is 0 Å². The van der Waals surface area contributed by atoms with Crippen molar-refractivity contribution in [3.8, 4) is 0 Å². The minimum atomic E-state index is -0.0867. The maximum atomic E-state index is 12.1. The second-order valence-corrected chi connectivity index (χ2v) is 4.98. The molecule has 0 saturated carbocycles. The van der Waals surface area contributed by atoms with Gasteiger partial charge in [-0.15, -0.1) is 0 Å². The van der Waals surface area contributed by atoms with Gasteiger partial charge >= 0.3 is 0 Å². The van der Waals surface area contributed by atoms with Crippen LogP contribution in [0.15, 0.2) is 60.9 Å². The van der Waals surface area contributed by atoms with Crippen molar-refractivity contribution in [2.45, 2.75) is 0 Å². The lowest BCUT2D eigenvalue weighted by molar-refractivity contribution is -0.114. The third kappa shape index (κ3) is 3.03. The number of para-hydroxylation sites is 2. The molecule has 3 rings (SSSR count). The van der Waals surface area contributed by atoms with Gasteiger partial charge in [0.05, 0.1) is 12.1 Å². The van der Waals surface area contributed by atoms with Crippen molar-refractivity contribution in [2.24, 2.45) is 0 Å². The number of hydrogen-bond acceptors (Lipinski definition) is 4. The number of carbonyl (C=O) groups is 1. The summed E-state index contributed by atoms with van der Waals surface area (Å²) in [7, 11) is 1.85. The zero-order valence-electron chi connectivity index (χ0n) is 12.2. The topological polar surface area (TPSA) is 58.1 Å². The van der Waals surface area contributed by atoms with Crippen LogP contribution in [0.4, 0.5) is 11.5 Å². The molecule has 0 aliphatic carbocycles. The van der Waals surface area contributed by atoms with Crippen LogP contribution in [0.5, 0.6) is 0 Å². The van der Waals surface area contributed by atoms with Crippen LogP contribution in [0.25, 0.3) is 10.9 Å². The number of hydrogen-bond donors (Lipinski definition) is 1. The largest absolute Gasteiger partial charge is 0.350 e. The minimum absolute atomic E-state index is 0.0867. The predicted molar refractivity (Wildman–Crippen MR) is 87.9 cm³/mol. The van der Waals surface area contributed by atoms with Gasteiger partial charge in [-0.25, -0.2) is 9.97 Å². The average molecular weight is 292 g/mol. The zero-order valence-corrected chi connectivity index (χ0v) is 12.2. The smallest absolute Gasteiger partial charge is 0.243 e. The number of anilines is 2. The summed E-state index contributed by atoms with van der Waals surface area (Å²) < 4.78 is 0. The van der Waals surface area contributed by atoms with Gasteiger partial charge in [0, 0.05) is 18.1 Å². The zero-order chi connectivity index (χ0) is 15.4. The molecular weight excluding hydrogens is 276 g/mol. The molecule has 1 N–H and O–H groups in total. The Labute approximate surface area is 128 Å². The molecule has 5 heteroatoms. The maximum Gasteiger partial charge on any atom is 0.243 e. The molecule has 0 aliphatic heterocycles. The Balaban J connectivity index is 1.76. The number of amides is 1. The fourth-order valence-electron chi connectivity index (χ4n) is 2.31. The molecule has 0 aliphatic rings. The van der Waals surface area contributed by atoms with Gasteiger partial charge in [0.2, 0.25) is 5.91 Å². The van der Waals surface area contributed by atoms with E-state index in [0.717, 1.165) is 22.4 Å². The Kier molecular flexibility index (Phi) is 3.96. The first-order valence-electron chi connectivity index (χ1n) is 7.00. The van der Waals surface area contributed by atoms with Gasteiger partial charge in [-0.2, -0.15) is 0 Å². The van der Waals surface area contributed by atoms with Crippen molar-refractivity contribution in [2.75, 3.05) is 23.8 Å². The summed E-state index contributed by atoms with van der Waals surface area (Å²) in [5.41, 5.74) is 1.65. The SMILES string of the molecule is CN(CC(=O)Nc1ccccc1)c1ncnc2ccccc12. The Morgan fingerprint density at radius 1 is 1.05 bits per heavy atom. The second kappa shape index (κ2) is 6.22. The quantitative estimate of drug-likeness (QED) is 0.803. The molecule has 1 aromatic heterocycles. The number of fused-ring (bicyclic) bond motifs is 1. The number of aromatic nitrogens is 2. The van der Waals surface area contributed by atoms with E-state index in [9.17, 15) is 4.79 Å². The summed E-state index contributed by atoms with van der Waals surface area (Å²) in [5.74, 6) is 0.658. The van der Waals surface area contributed by atoms with E-state index in [1.54, 1.807) is 0 Å². The minimum Gasteiger partial charge on any atom is -0.350 e. The van der Waals surface area contributed by atoms with E-state index in [0.29, 0.717) is 0 Å². The number of rotatable bonds is 4. The fourth-order valence-corrected chi connectivity index (χ4v) is 2.31. The molecule has 2 aromatic carbocycles. The molecule has 0 radical (unpaired) electrons. The van der Waals surface area contributed by atoms with E-state index in [2.05, 4.69) is 15.3 Å². The molecule has 0 fully saturated rings. The summed E-state index contributed by atoms with van der Waals surface area (Å²) in [4.78, 5) is 22.5. The maximum absolute atomic E-state index is 12.1. The summed E-state index contributed by atoms with van der Waals surface area (Å²) >= 11 is 0. The standard InChI is InChI=1S/C17H16N4O/c1-21(11-16(22)20-13-7-3-2-4-8-13)17-14-9-5-6-10-15(14)18-12-19-17/h2-10,12H,11H2,1H3,(H,20,22). The van der Waals surface area contributed by atoms with Crippen LogP contribution >= 0.6 is 0 Å². The van der Waals surface area contributed by atoms with Crippen molar-refractivity contribution in [3.63, 3.8) is 0 Å². The van der Waals surface area contributed by atoms with Crippen molar-refractivity contribution in [3.05, 3.63) is 60.9 Å². The molecule has 22 heavy (non-hydrogen) atoms. The molecule has 5 nitrogen and oxygen atoms in total. The number of nitrogens with zero attached hydrogens (tertiary/aromatic N) is 3. The Hall–Kier alpha value is -2.95. The summed E-state index contributed by atoms with van der Waals surface area (Å²) in [6, 6.07) is 17.2. The molecule has 1 heterocycles. The highest BCUT2D eigenvalue weighted by Gasteiger charge is 2.12. The summed E-state index contributed by atoms with van der Waals surface area (Å²) in [6.45, 7) is 0.218. The molecule has 3 aromatic rings. The number of likely N-dealkylation sites (N-methyl/N-ethyl adjacent to an activating group) is 1. The van der Waals surface area contributed by atoms with E-state index < -0.39 is 0 Å². The van der Waals surface area contributed by atoms with Crippen molar-refractivity contribution in [1.82, 2.24) is 9.97 Å². The third-order valence-corrected chi connectivity index (χ3v) is 3.32. The van der Waals surface area contributed by atoms with E-state index in [-0.39, 0.29) is 12.5 Å². The lowest BCUT2D eigenvalue weighted by Gasteiger charge is -2.19. The van der Waals surface area contributed by atoms with Gasteiger partial charge in [0.15, 0.2) is 0 Å². The van der Waals surface area contributed by atoms with Gasteiger partial charge in [-0.3, -0.25) is 4.79 Å². The first kappa shape index (κ1) is 14.0.